The van der Waals surface area contributed by atoms with E-state index >= 15 is 0 Å². The smallest absolute Gasteiger partial charge is 0.328 e. The van der Waals surface area contributed by atoms with Crippen LogP contribution in [0.3, 0.4) is 0 Å². The summed E-state index contributed by atoms with van der Waals surface area (Å²) >= 11 is 16.7. The van der Waals surface area contributed by atoms with E-state index in [2.05, 4.69) is 0 Å². The van der Waals surface area contributed by atoms with Gasteiger partial charge < -0.3 is 4.74 Å². The van der Waals surface area contributed by atoms with Crippen LogP contribution in [0.25, 0.3) is 0 Å². The average molecular weight is 388 g/mol. The van der Waals surface area contributed by atoms with Gasteiger partial charge in [-0.2, -0.15) is 0 Å². The topological polar surface area (TPSA) is 43.4 Å². The first-order chi connectivity index (χ1) is 11.5. The van der Waals surface area contributed by atoms with E-state index in [0.717, 1.165) is 11.1 Å². The van der Waals surface area contributed by atoms with Crippen LogP contribution in [-0.4, -0.2) is 17.8 Å². The third kappa shape index (κ3) is 6.91. The zero-order chi connectivity index (χ0) is 17.9. The van der Waals surface area contributed by atoms with E-state index < -0.39 is 22.0 Å². The number of ether oxygens (including phenoxy) is 1. The minimum atomic E-state index is -0.724. The normalized spacial score (nSPS) is 12.3. The fourth-order valence-electron chi connectivity index (χ4n) is 1.73. The Bertz CT molecular complexity index is 632. The second-order valence-electron chi connectivity index (χ2n) is 4.60. The van der Waals surface area contributed by atoms with E-state index in [0.29, 0.717) is 6.61 Å². The van der Waals surface area contributed by atoms with E-state index in [1.807, 2.05) is 36.4 Å². The predicted octanol–water partition coefficient (Wildman–Crippen LogP) is 5.26. The molecule has 0 fully saturated rings. The zero-order valence-corrected chi connectivity index (χ0v) is 15.3. The highest BCUT2D eigenvalue weighted by Crippen LogP contribution is 2.22. The summed E-state index contributed by atoms with van der Waals surface area (Å²) in [5.41, 5.74) is 1.50. The molecule has 2 unspecified atom stereocenters. The van der Waals surface area contributed by atoms with Crippen molar-refractivity contribution in [2.24, 2.45) is 0 Å². The standard InChI is InChI=1S/C10H11ClO2.C8H6Cl2O/c1-2-13-10(12)9(11)8-6-4-3-5-7-8;9-7(8(10)11)6-4-2-1-3-5-6/h3-7,9H,2H2,1H3;1-5,7H. The number of halogens is 3. The van der Waals surface area contributed by atoms with Gasteiger partial charge in [-0.1, -0.05) is 60.7 Å². The second-order valence-corrected chi connectivity index (χ2v) is 5.85. The third-order valence-corrected chi connectivity index (χ3v) is 4.09. The van der Waals surface area contributed by atoms with E-state index in [-0.39, 0.29) is 0 Å². The van der Waals surface area contributed by atoms with Gasteiger partial charge in [-0.3, -0.25) is 9.59 Å². The maximum atomic E-state index is 11.2. The number of carbonyl (C=O) groups is 2. The average Bonchev–Trinajstić information content (AvgIpc) is 2.62. The molecule has 128 valence electrons. The number of carbonyl (C=O) groups excluding carboxylic acids is 2. The SMILES string of the molecule is CCOC(=O)C(Cl)c1ccccc1.O=C(Cl)C(Cl)c1ccccc1. The van der Waals surface area contributed by atoms with E-state index in [9.17, 15) is 9.59 Å². The molecule has 0 heterocycles. The Morgan fingerprint density at radius 3 is 1.67 bits per heavy atom. The summed E-state index contributed by atoms with van der Waals surface area (Å²) in [6.07, 6.45) is 0. The lowest BCUT2D eigenvalue weighted by Crippen LogP contribution is -2.10. The van der Waals surface area contributed by atoms with Gasteiger partial charge in [0.25, 0.3) is 0 Å². The summed E-state index contributed by atoms with van der Waals surface area (Å²) < 4.78 is 4.79. The molecule has 0 aromatic heterocycles. The summed E-state index contributed by atoms with van der Waals surface area (Å²) in [4.78, 5) is 21.8. The molecule has 0 aliphatic rings. The molecule has 0 spiro atoms. The first-order valence-electron chi connectivity index (χ1n) is 7.21. The molecule has 2 atom stereocenters. The number of alkyl halides is 2. The van der Waals surface area contributed by atoms with Gasteiger partial charge in [-0.15, -0.1) is 23.2 Å². The highest BCUT2D eigenvalue weighted by atomic mass is 35.5. The molecule has 0 aliphatic carbocycles. The number of benzene rings is 2. The van der Waals surface area contributed by atoms with Crippen molar-refractivity contribution in [2.45, 2.75) is 17.7 Å². The maximum Gasteiger partial charge on any atom is 0.328 e. The second kappa shape index (κ2) is 11.1. The highest BCUT2D eigenvalue weighted by molar-refractivity contribution is 6.68. The predicted molar refractivity (Wildman–Crippen MR) is 97.6 cm³/mol. The van der Waals surface area contributed by atoms with Crippen molar-refractivity contribution in [1.82, 2.24) is 0 Å². The van der Waals surface area contributed by atoms with Gasteiger partial charge in [0.2, 0.25) is 5.24 Å². The van der Waals surface area contributed by atoms with Gasteiger partial charge in [0.15, 0.2) is 5.38 Å². The van der Waals surface area contributed by atoms with E-state index in [4.69, 9.17) is 39.5 Å². The maximum absolute atomic E-state index is 11.2. The van der Waals surface area contributed by atoms with Gasteiger partial charge in [0.1, 0.15) is 5.38 Å². The summed E-state index contributed by atoms with van der Waals surface area (Å²) in [5, 5.41) is -1.96. The first-order valence-corrected chi connectivity index (χ1v) is 8.46. The lowest BCUT2D eigenvalue weighted by molar-refractivity contribution is -0.142. The molecule has 3 nitrogen and oxygen atoms in total. The fraction of sp³-hybridized carbons (Fsp3) is 0.222. The van der Waals surface area contributed by atoms with Gasteiger partial charge in [-0.05, 0) is 29.7 Å². The molecule has 0 bridgehead atoms. The minimum Gasteiger partial charge on any atom is -0.465 e. The van der Waals surface area contributed by atoms with Crippen LogP contribution in [-0.2, 0) is 14.3 Å². The summed E-state index contributed by atoms with van der Waals surface area (Å²) in [6, 6.07) is 18.1. The number of esters is 1. The van der Waals surface area contributed by atoms with Crippen molar-refractivity contribution in [2.75, 3.05) is 6.61 Å². The zero-order valence-electron chi connectivity index (χ0n) is 13.0. The molecular weight excluding hydrogens is 371 g/mol. The molecule has 6 heteroatoms. The molecule has 0 aliphatic heterocycles. The van der Waals surface area contributed by atoms with Gasteiger partial charge >= 0.3 is 5.97 Å². The summed E-state index contributed by atoms with van der Waals surface area (Å²) in [7, 11) is 0. The molecule has 0 saturated heterocycles. The Labute approximate surface area is 156 Å². The monoisotopic (exact) mass is 386 g/mol. The van der Waals surface area contributed by atoms with Crippen molar-refractivity contribution in [1.29, 1.82) is 0 Å². The Kier molecular flexibility index (Phi) is 9.46. The van der Waals surface area contributed by atoms with Crippen molar-refractivity contribution in [3.63, 3.8) is 0 Å². The number of hydrogen-bond donors (Lipinski definition) is 0. The first kappa shape index (κ1) is 20.5. The van der Waals surface area contributed by atoms with Crippen LogP contribution in [0, 0.1) is 0 Å². The number of hydrogen-bond acceptors (Lipinski definition) is 3. The summed E-state index contributed by atoms with van der Waals surface area (Å²) in [6.45, 7) is 2.11. The number of rotatable bonds is 5. The van der Waals surface area contributed by atoms with E-state index in [1.54, 1.807) is 31.2 Å². The molecule has 0 N–H and O–H groups in total. The van der Waals surface area contributed by atoms with Gasteiger partial charge in [0.05, 0.1) is 6.61 Å². The van der Waals surface area contributed by atoms with Crippen LogP contribution in [0.4, 0.5) is 0 Å². The molecule has 2 aromatic rings. The van der Waals surface area contributed by atoms with Crippen LogP contribution in [0.15, 0.2) is 60.7 Å². The van der Waals surface area contributed by atoms with Crippen molar-refractivity contribution < 1.29 is 14.3 Å². The van der Waals surface area contributed by atoms with Gasteiger partial charge in [-0.25, -0.2) is 0 Å². The highest BCUT2D eigenvalue weighted by Gasteiger charge is 2.17. The summed E-state index contributed by atoms with van der Waals surface area (Å²) in [5.74, 6) is -0.393. The molecule has 2 rings (SSSR count). The van der Waals surface area contributed by atoms with Crippen molar-refractivity contribution in [3.8, 4) is 0 Å². The largest absolute Gasteiger partial charge is 0.465 e. The van der Waals surface area contributed by atoms with Crippen LogP contribution in [0.5, 0.6) is 0 Å². The fourth-order valence-corrected chi connectivity index (χ4v) is 2.21. The van der Waals surface area contributed by atoms with E-state index in [1.165, 1.54) is 0 Å². The molecule has 2 aromatic carbocycles. The lowest BCUT2D eigenvalue weighted by Gasteiger charge is -2.07. The Hall–Kier alpha value is -1.55. The Morgan fingerprint density at radius 2 is 1.29 bits per heavy atom. The molecule has 0 amide bonds. The van der Waals surface area contributed by atoms with Crippen LogP contribution < -0.4 is 0 Å². The van der Waals surface area contributed by atoms with Crippen LogP contribution >= 0.6 is 34.8 Å². The third-order valence-electron chi connectivity index (χ3n) is 2.88. The quantitative estimate of drug-likeness (QED) is 0.399. The van der Waals surface area contributed by atoms with Crippen LogP contribution in [0.2, 0.25) is 0 Å². The molecular formula is C18H17Cl3O3. The van der Waals surface area contributed by atoms with Crippen molar-refractivity contribution >= 4 is 46.0 Å². The van der Waals surface area contributed by atoms with Crippen molar-refractivity contribution in [3.05, 3.63) is 71.8 Å². The Morgan fingerprint density at radius 1 is 0.875 bits per heavy atom. The molecule has 0 radical (unpaired) electrons. The van der Waals surface area contributed by atoms with Crippen LogP contribution in [0.1, 0.15) is 28.8 Å². The minimum absolute atomic E-state index is 0.356. The molecule has 0 saturated carbocycles. The van der Waals surface area contributed by atoms with Gasteiger partial charge in [0, 0.05) is 0 Å². The Balaban J connectivity index is 0.000000243. The lowest BCUT2D eigenvalue weighted by atomic mass is 10.1. The molecule has 24 heavy (non-hydrogen) atoms.